The van der Waals surface area contributed by atoms with Crippen LogP contribution in [0.15, 0.2) is 17.5 Å². The van der Waals surface area contributed by atoms with E-state index in [1.54, 1.807) is 15.9 Å². The zero-order chi connectivity index (χ0) is 17.8. The van der Waals surface area contributed by atoms with E-state index in [-0.39, 0.29) is 24.5 Å². The summed E-state index contributed by atoms with van der Waals surface area (Å²) in [5, 5.41) is 21.9. The third kappa shape index (κ3) is 4.02. The van der Waals surface area contributed by atoms with Gasteiger partial charge in [-0.25, -0.2) is 0 Å². The Kier molecular flexibility index (Phi) is 6.03. The van der Waals surface area contributed by atoms with E-state index >= 15 is 0 Å². The molecule has 8 heteroatoms. The molecule has 2 heterocycles. The molecule has 1 aliphatic carbocycles. The number of nitrogens with one attached hydrogen (secondary N) is 2. The minimum Gasteiger partial charge on any atom is -0.396 e. The highest BCUT2D eigenvalue weighted by atomic mass is 32.1. The van der Waals surface area contributed by atoms with Gasteiger partial charge in [0.2, 0.25) is 5.91 Å². The van der Waals surface area contributed by atoms with Gasteiger partial charge >= 0.3 is 0 Å². The zero-order valence-corrected chi connectivity index (χ0v) is 15.9. The van der Waals surface area contributed by atoms with Gasteiger partial charge in [-0.2, -0.15) is 5.10 Å². The van der Waals surface area contributed by atoms with Crippen LogP contribution >= 0.6 is 23.6 Å². The zero-order valence-electron chi connectivity index (χ0n) is 14.3. The number of nitrogens with zero attached hydrogens (tertiary/aromatic N) is 2. The van der Waals surface area contributed by atoms with Gasteiger partial charge in [0.05, 0.1) is 4.88 Å². The highest BCUT2D eigenvalue weighted by molar-refractivity contribution is 7.71. The van der Waals surface area contributed by atoms with Crippen molar-refractivity contribution in [3.8, 4) is 10.7 Å². The molecule has 0 radical (unpaired) electrons. The van der Waals surface area contributed by atoms with Gasteiger partial charge in [-0.3, -0.25) is 14.5 Å². The number of hydrogen-bond acceptors (Lipinski definition) is 5. The summed E-state index contributed by atoms with van der Waals surface area (Å²) in [7, 11) is 0. The van der Waals surface area contributed by atoms with E-state index < -0.39 is 6.04 Å². The average molecular weight is 381 g/mol. The van der Waals surface area contributed by atoms with Crippen molar-refractivity contribution in [2.75, 3.05) is 6.61 Å². The predicted octanol–water partition coefficient (Wildman–Crippen LogP) is 3.29. The molecule has 1 fully saturated rings. The molecule has 136 valence electrons. The first-order chi connectivity index (χ1) is 12.1. The van der Waals surface area contributed by atoms with Gasteiger partial charge in [-0.05, 0) is 43.4 Å². The normalized spacial score (nSPS) is 22.3. The van der Waals surface area contributed by atoms with Gasteiger partial charge in [0.1, 0.15) is 6.04 Å². The van der Waals surface area contributed by atoms with Crippen molar-refractivity contribution < 1.29 is 9.90 Å². The maximum Gasteiger partial charge on any atom is 0.243 e. The van der Waals surface area contributed by atoms with Crippen LogP contribution in [0.3, 0.4) is 0 Å². The lowest BCUT2D eigenvalue weighted by Crippen LogP contribution is -2.44. The lowest BCUT2D eigenvalue weighted by Gasteiger charge is -2.26. The van der Waals surface area contributed by atoms with E-state index in [1.165, 1.54) is 0 Å². The van der Waals surface area contributed by atoms with Crippen LogP contribution < -0.4 is 5.32 Å². The lowest BCUT2D eigenvalue weighted by molar-refractivity contribution is -0.125. The molecular weight excluding hydrogens is 356 g/mol. The number of amides is 1. The van der Waals surface area contributed by atoms with Crippen LogP contribution in [0.2, 0.25) is 0 Å². The number of aromatic amines is 1. The summed E-state index contributed by atoms with van der Waals surface area (Å²) in [5.74, 6) is 0.732. The largest absolute Gasteiger partial charge is 0.396 e. The van der Waals surface area contributed by atoms with Crippen LogP contribution in [0.5, 0.6) is 0 Å². The van der Waals surface area contributed by atoms with Gasteiger partial charge in [0, 0.05) is 18.6 Å². The first kappa shape index (κ1) is 18.3. The SMILES string of the molecule is C[C@H](C(=O)N[C@@H]1CCCCC[C@H]1CO)n1c(-c2cccs2)n[nH]c1=S. The van der Waals surface area contributed by atoms with Crippen molar-refractivity contribution in [1.82, 2.24) is 20.1 Å². The van der Waals surface area contributed by atoms with Crippen LogP contribution in [0.1, 0.15) is 45.1 Å². The Morgan fingerprint density at radius 3 is 3.04 bits per heavy atom. The molecular formula is C17H24N4O2S2. The summed E-state index contributed by atoms with van der Waals surface area (Å²) in [6.45, 7) is 1.95. The number of aliphatic hydroxyl groups is 1. The Bertz CT molecular complexity index is 753. The minimum absolute atomic E-state index is 0.0220. The Morgan fingerprint density at radius 2 is 2.32 bits per heavy atom. The highest BCUT2D eigenvalue weighted by Crippen LogP contribution is 2.27. The number of carbonyl (C=O) groups is 1. The van der Waals surface area contributed by atoms with E-state index in [4.69, 9.17) is 12.2 Å². The van der Waals surface area contributed by atoms with E-state index in [0.717, 1.165) is 37.0 Å². The topological polar surface area (TPSA) is 82.9 Å². The maximum absolute atomic E-state index is 12.9. The van der Waals surface area contributed by atoms with E-state index in [9.17, 15) is 9.90 Å². The third-order valence-corrected chi connectivity index (χ3v) is 6.09. The number of H-pyrrole nitrogens is 1. The fourth-order valence-corrected chi connectivity index (χ4v) is 4.46. The molecule has 3 rings (SSSR count). The second-order valence-electron chi connectivity index (χ2n) is 6.57. The van der Waals surface area contributed by atoms with Crippen LogP contribution in [-0.4, -0.2) is 38.4 Å². The molecule has 0 saturated heterocycles. The molecule has 2 aromatic heterocycles. The summed E-state index contributed by atoms with van der Waals surface area (Å²) in [6.07, 6.45) is 5.23. The quantitative estimate of drug-likeness (QED) is 0.549. The Hall–Kier alpha value is -1.51. The molecule has 0 aliphatic heterocycles. The highest BCUT2D eigenvalue weighted by Gasteiger charge is 2.28. The molecule has 0 aromatic carbocycles. The lowest BCUT2D eigenvalue weighted by atomic mass is 9.95. The van der Waals surface area contributed by atoms with Gasteiger partial charge in [0.15, 0.2) is 10.6 Å². The van der Waals surface area contributed by atoms with E-state index in [1.807, 2.05) is 24.4 Å². The smallest absolute Gasteiger partial charge is 0.243 e. The van der Waals surface area contributed by atoms with E-state index in [0.29, 0.717) is 10.6 Å². The monoisotopic (exact) mass is 380 g/mol. The number of carbonyl (C=O) groups excluding carboxylic acids is 1. The number of thiophene rings is 1. The molecule has 1 aliphatic rings. The van der Waals surface area contributed by atoms with Crippen molar-refractivity contribution in [3.63, 3.8) is 0 Å². The third-order valence-electron chi connectivity index (χ3n) is 4.93. The molecule has 3 N–H and O–H groups in total. The summed E-state index contributed by atoms with van der Waals surface area (Å²) in [6, 6.07) is 3.47. The molecule has 0 spiro atoms. The number of rotatable bonds is 5. The summed E-state index contributed by atoms with van der Waals surface area (Å²) in [4.78, 5) is 13.8. The predicted molar refractivity (Wildman–Crippen MR) is 101 cm³/mol. The van der Waals surface area contributed by atoms with Gasteiger partial charge in [0.25, 0.3) is 0 Å². The Morgan fingerprint density at radius 1 is 1.52 bits per heavy atom. The number of hydrogen-bond donors (Lipinski definition) is 3. The van der Waals surface area contributed by atoms with Crippen molar-refractivity contribution in [2.24, 2.45) is 5.92 Å². The second kappa shape index (κ2) is 8.25. The first-order valence-electron chi connectivity index (χ1n) is 8.74. The Labute approximate surface area is 156 Å². The van der Waals surface area contributed by atoms with Crippen LogP contribution in [0.25, 0.3) is 10.7 Å². The van der Waals surface area contributed by atoms with Gasteiger partial charge in [-0.15, -0.1) is 11.3 Å². The number of aliphatic hydroxyl groups excluding tert-OH is 1. The van der Waals surface area contributed by atoms with Crippen molar-refractivity contribution in [3.05, 3.63) is 22.3 Å². The summed E-state index contributed by atoms with van der Waals surface area (Å²) < 4.78 is 2.20. The minimum atomic E-state index is -0.467. The van der Waals surface area contributed by atoms with Crippen molar-refractivity contribution in [2.45, 2.75) is 51.1 Å². The van der Waals surface area contributed by atoms with Crippen molar-refractivity contribution >= 4 is 29.5 Å². The standard InChI is InChI=1S/C17H24N4O2S2/c1-11(16(23)18-13-7-4-2-3-6-12(13)10-22)21-15(19-20-17(21)24)14-8-5-9-25-14/h5,8-9,11-13,22H,2-4,6-7,10H2,1H3,(H,18,23)(H,20,24)/t11-,12+,13-/m1/s1. The van der Waals surface area contributed by atoms with Gasteiger partial charge < -0.3 is 10.4 Å². The van der Waals surface area contributed by atoms with Crippen LogP contribution in [0.4, 0.5) is 0 Å². The molecule has 25 heavy (non-hydrogen) atoms. The number of aromatic nitrogens is 3. The van der Waals surface area contributed by atoms with Crippen molar-refractivity contribution in [1.29, 1.82) is 0 Å². The molecule has 0 bridgehead atoms. The van der Waals surface area contributed by atoms with Crippen LogP contribution in [-0.2, 0) is 4.79 Å². The van der Waals surface area contributed by atoms with Gasteiger partial charge in [-0.1, -0.05) is 25.3 Å². The fraction of sp³-hybridized carbons (Fsp3) is 0.588. The molecule has 3 atom stereocenters. The summed E-state index contributed by atoms with van der Waals surface area (Å²) >= 11 is 6.90. The average Bonchev–Trinajstić information content (AvgIpc) is 3.20. The molecule has 1 saturated carbocycles. The second-order valence-corrected chi connectivity index (χ2v) is 7.91. The molecule has 1 amide bonds. The molecule has 0 unspecified atom stereocenters. The van der Waals surface area contributed by atoms with E-state index in [2.05, 4.69) is 15.5 Å². The Balaban J connectivity index is 1.79. The first-order valence-corrected chi connectivity index (χ1v) is 10.0. The summed E-state index contributed by atoms with van der Waals surface area (Å²) in [5.41, 5.74) is 0. The molecule has 6 nitrogen and oxygen atoms in total. The maximum atomic E-state index is 12.9. The fourth-order valence-electron chi connectivity index (χ4n) is 3.46. The molecule has 2 aromatic rings. The van der Waals surface area contributed by atoms with Crippen LogP contribution in [0, 0.1) is 10.7 Å².